The number of azo groups is 1. The monoisotopic (exact) mass is 917 g/mol. The average molecular weight is 918 g/mol. The third kappa shape index (κ3) is 15.3. The molecule has 2 aromatic heterocycles. The molecule has 65 heavy (non-hydrogen) atoms. The first-order valence-electron chi connectivity index (χ1n) is 21.1. The Hall–Kier alpha value is -5.43. The molecule has 3 aromatic carbocycles. The van der Waals surface area contributed by atoms with E-state index in [1.165, 1.54) is 6.20 Å². The first-order chi connectivity index (χ1) is 31.7. The molecule has 348 valence electrons. The van der Waals surface area contributed by atoms with Gasteiger partial charge in [0.05, 0.1) is 75.1 Å². The van der Waals surface area contributed by atoms with Gasteiger partial charge >= 0.3 is 5.97 Å². The van der Waals surface area contributed by atoms with Crippen LogP contribution in [0.2, 0.25) is 0 Å². The number of fused-ring (bicyclic) bond motifs is 2. The maximum absolute atomic E-state index is 13.5. The summed E-state index contributed by atoms with van der Waals surface area (Å²) in [5.74, 6) is -0.181. The van der Waals surface area contributed by atoms with Crippen LogP contribution in [0.25, 0.3) is 11.0 Å². The first-order valence-corrected chi connectivity index (χ1v) is 21.9. The predicted octanol–water partition coefficient (Wildman–Crippen LogP) is 5.44. The van der Waals surface area contributed by atoms with Crippen molar-refractivity contribution >= 4 is 46.5 Å². The van der Waals surface area contributed by atoms with Crippen molar-refractivity contribution in [1.82, 2.24) is 30.1 Å². The van der Waals surface area contributed by atoms with Crippen molar-refractivity contribution in [3.8, 4) is 0 Å². The molecule has 0 saturated carbocycles. The number of aliphatic carboxylic acids is 1. The topological polar surface area (TPSA) is 258 Å². The van der Waals surface area contributed by atoms with E-state index in [4.69, 9.17) is 19.5 Å². The fourth-order valence-corrected chi connectivity index (χ4v) is 7.48. The molecular weight excluding hydrogens is 863 g/mol. The number of imidazole rings is 1. The number of aromatic amines is 1. The number of hydrogen-bond acceptors (Lipinski definition) is 18. The van der Waals surface area contributed by atoms with Crippen molar-refractivity contribution in [3.05, 3.63) is 113 Å². The Balaban J connectivity index is 0.826. The van der Waals surface area contributed by atoms with Crippen LogP contribution in [0.15, 0.2) is 100 Å². The molecular formula is C44H55N9O11S. The van der Waals surface area contributed by atoms with Gasteiger partial charge in [0.1, 0.15) is 18.3 Å². The zero-order valence-corrected chi connectivity index (χ0v) is 36.8. The second-order valence-electron chi connectivity index (χ2n) is 15.1. The van der Waals surface area contributed by atoms with Crippen molar-refractivity contribution in [2.24, 2.45) is 10.2 Å². The average Bonchev–Trinajstić information content (AvgIpc) is 3.67. The van der Waals surface area contributed by atoms with E-state index >= 15 is 0 Å². The van der Waals surface area contributed by atoms with E-state index in [1.807, 2.05) is 42.5 Å². The molecule has 0 aliphatic carbocycles. The maximum Gasteiger partial charge on any atom is 0.305 e. The number of aromatic nitrogens is 3. The van der Waals surface area contributed by atoms with Crippen LogP contribution in [0.1, 0.15) is 58.4 Å². The third-order valence-electron chi connectivity index (χ3n) is 10.3. The second-order valence-corrected chi connectivity index (χ2v) is 15.8. The number of carbonyl (C=O) groups is 2. The van der Waals surface area contributed by atoms with Gasteiger partial charge in [-0.3, -0.25) is 19.8 Å². The molecule has 0 spiro atoms. The van der Waals surface area contributed by atoms with Crippen LogP contribution in [0.5, 0.6) is 0 Å². The van der Waals surface area contributed by atoms with Crippen molar-refractivity contribution in [3.63, 3.8) is 0 Å². The fourth-order valence-electron chi connectivity index (χ4n) is 7.01. The number of benzene rings is 3. The minimum atomic E-state index is -1.09. The van der Waals surface area contributed by atoms with Crippen molar-refractivity contribution in [2.75, 3.05) is 65.1 Å². The number of carboxylic acid groups (broad SMARTS) is 1. The Bertz CT molecular complexity index is 2250. The Morgan fingerprint density at radius 1 is 0.985 bits per heavy atom. The van der Waals surface area contributed by atoms with Crippen LogP contribution in [0.4, 0.5) is 11.5 Å². The lowest BCUT2D eigenvalue weighted by molar-refractivity contribution is -0.432. The van der Waals surface area contributed by atoms with Gasteiger partial charge in [0.2, 0.25) is 0 Å². The van der Waals surface area contributed by atoms with E-state index in [2.05, 4.69) is 45.2 Å². The number of aliphatic hydroxyl groups excluding tert-OH is 2. The van der Waals surface area contributed by atoms with E-state index < -0.39 is 24.5 Å². The maximum atomic E-state index is 13.5. The number of pyridine rings is 1. The number of amides is 1. The quantitative estimate of drug-likeness (QED) is 0.00864. The molecule has 1 aliphatic heterocycles. The van der Waals surface area contributed by atoms with Gasteiger partial charge in [0.25, 0.3) is 5.91 Å². The lowest BCUT2D eigenvalue weighted by Crippen LogP contribution is -2.46. The van der Waals surface area contributed by atoms with Gasteiger partial charge in [-0.15, -0.1) is 9.45 Å². The van der Waals surface area contributed by atoms with Crippen LogP contribution in [0, 0.1) is 0 Å². The molecule has 5 aromatic rings. The highest BCUT2D eigenvalue weighted by atomic mass is 32.2. The summed E-state index contributed by atoms with van der Waals surface area (Å²) in [4.78, 5) is 41.4. The van der Waals surface area contributed by atoms with Crippen LogP contribution in [-0.4, -0.2) is 129 Å². The Morgan fingerprint density at radius 2 is 1.74 bits per heavy atom. The number of ether oxygens (including phenoxy) is 3. The number of H-pyrrole nitrogens is 1. The summed E-state index contributed by atoms with van der Waals surface area (Å²) in [6.07, 6.45) is 0.477. The number of nitrogens with zero attached hydrogens (tertiary/aromatic N) is 6. The molecule has 0 bridgehead atoms. The standard InChI is InChI=1S/C44H55N9O11S/c1-52(29-40-49-35-9-3-4-10-36(35)50-40)43(57)30-12-14-34-33(24-30)28-53(44(58)37(48-34)25-41(54)55)17-7-19-61-21-23-62-22-20-60-18-6-16-45-42(56)32-13-15-39(46-26-32)51-47-27-31-8-2-5-11-38(31)65-64-63-59/h2-5,8-15,24,26,37,42,44-45,48,56,58-59H,6-7,16-23,25,27-29H2,1H3,(H,49,50)(H,54,55)/t37-,42-,44-/m0/s1. The molecule has 6 rings (SSSR count). The van der Waals surface area contributed by atoms with E-state index in [-0.39, 0.29) is 25.4 Å². The number of anilines is 1. The van der Waals surface area contributed by atoms with Crippen molar-refractivity contribution in [2.45, 2.75) is 62.3 Å². The SMILES string of the molecule is CN(Cc1nc2ccccc2[nH]1)C(=O)c1ccc2c(c1)CN(CCCOCCOCCOCCCN[C@@H](O)c1ccc(N=NCc3ccccc3SOOO)nc1)[C@@H](O)[C@H](CC(=O)O)N2. The van der Waals surface area contributed by atoms with Gasteiger partial charge in [0, 0.05) is 61.3 Å². The molecule has 21 heteroatoms. The van der Waals surface area contributed by atoms with E-state index in [0.717, 1.165) is 34.2 Å². The summed E-state index contributed by atoms with van der Waals surface area (Å²) in [5.41, 5.74) is 5.02. The van der Waals surface area contributed by atoms with E-state index in [9.17, 15) is 24.9 Å². The predicted molar refractivity (Wildman–Crippen MR) is 239 cm³/mol. The summed E-state index contributed by atoms with van der Waals surface area (Å²) < 4.78 is 21.6. The molecule has 0 radical (unpaired) electrons. The van der Waals surface area contributed by atoms with Gasteiger partial charge < -0.3 is 44.7 Å². The summed E-state index contributed by atoms with van der Waals surface area (Å²) in [6.45, 7) is 4.21. The number of rotatable bonds is 27. The molecule has 1 amide bonds. The zero-order chi connectivity index (χ0) is 45.8. The summed E-state index contributed by atoms with van der Waals surface area (Å²) in [6, 6.07) is 22.8. The highest BCUT2D eigenvalue weighted by molar-refractivity contribution is 7.94. The lowest BCUT2D eigenvalue weighted by Gasteiger charge is -2.30. The molecule has 1 aliphatic rings. The normalized spacial score (nSPS) is 15.8. The molecule has 3 heterocycles. The number of aliphatic hydroxyl groups is 2. The zero-order valence-electron chi connectivity index (χ0n) is 36.0. The minimum absolute atomic E-state index is 0.197. The van der Waals surface area contributed by atoms with Gasteiger partial charge in [-0.1, -0.05) is 35.4 Å². The molecule has 0 unspecified atom stereocenters. The van der Waals surface area contributed by atoms with Gasteiger partial charge in [-0.25, -0.2) is 15.2 Å². The van der Waals surface area contributed by atoms with Gasteiger partial charge in [0.15, 0.2) is 5.82 Å². The number of carbonyl (C=O) groups excluding carboxylic acids is 1. The number of hydrogen-bond donors (Lipinski definition) is 7. The van der Waals surface area contributed by atoms with Crippen LogP contribution >= 0.6 is 12.0 Å². The molecule has 0 fully saturated rings. The van der Waals surface area contributed by atoms with Crippen molar-refractivity contribution in [1.29, 1.82) is 0 Å². The Morgan fingerprint density at radius 3 is 2.49 bits per heavy atom. The molecule has 0 saturated heterocycles. The smallest absolute Gasteiger partial charge is 0.305 e. The summed E-state index contributed by atoms with van der Waals surface area (Å²) in [5, 5.41) is 57.9. The van der Waals surface area contributed by atoms with Gasteiger partial charge in [-0.05, 0) is 79.0 Å². The van der Waals surface area contributed by atoms with Crippen LogP contribution in [0.3, 0.4) is 0 Å². The van der Waals surface area contributed by atoms with Crippen molar-refractivity contribution < 1.29 is 53.7 Å². The van der Waals surface area contributed by atoms with Gasteiger partial charge in [-0.2, -0.15) is 5.11 Å². The first kappa shape index (κ1) is 49.0. The van der Waals surface area contributed by atoms with E-state index in [0.29, 0.717) is 105 Å². The number of nitrogens with one attached hydrogen (secondary N) is 3. The molecule has 7 N–H and O–H groups in total. The Labute approximate surface area is 380 Å². The second kappa shape index (κ2) is 25.9. The summed E-state index contributed by atoms with van der Waals surface area (Å²) >= 11 is 0.854. The summed E-state index contributed by atoms with van der Waals surface area (Å²) in [7, 11) is 1.71. The Kier molecular flexibility index (Phi) is 19.5. The molecule has 20 nitrogen and oxygen atoms in total. The van der Waals surface area contributed by atoms with Crippen LogP contribution in [-0.2, 0) is 48.0 Å². The van der Waals surface area contributed by atoms with Crippen LogP contribution < -0.4 is 10.6 Å². The largest absolute Gasteiger partial charge is 0.481 e. The third-order valence-corrected chi connectivity index (χ3v) is 11.0. The molecule has 3 atom stereocenters. The highest BCUT2D eigenvalue weighted by Crippen LogP contribution is 2.29. The highest BCUT2D eigenvalue weighted by Gasteiger charge is 2.32. The van der Waals surface area contributed by atoms with E-state index in [1.54, 1.807) is 53.2 Å². The number of carboxylic acids is 1. The fraction of sp³-hybridized carbons (Fsp3) is 0.409. The lowest BCUT2D eigenvalue weighted by atomic mass is 10.1. The number of para-hydroxylation sites is 2. The minimum Gasteiger partial charge on any atom is -0.481 e.